The average molecular weight is 238 g/mol. The van der Waals surface area contributed by atoms with Gasteiger partial charge < -0.3 is 10.4 Å². The van der Waals surface area contributed by atoms with Crippen molar-refractivity contribution in [1.29, 1.82) is 0 Å². The number of carboxylic acid groups (broad SMARTS) is 1. The molecule has 1 aromatic heterocycles. The van der Waals surface area contributed by atoms with Gasteiger partial charge in [0.15, 0.2) is 0 Å². The van der Waals surface area contributed by atoms with Crippen LogP contribution in [-0.4, -0.2) is 32.1 Å². The maximum atomic E-state index is 10.8. The summed E-state index contributed by atoms with van der Waals surface area (Å²) in [6, 6.07) is 0.410. The summed E-state index contributed by atoms with van der Waals surface area (Å²) in [5.74, 6) is -0.804. The quantitative estimate of drug-likeness (QED) is 0.800. The smallest absolute Gasteiger partial charge is 0.306 e. The van der Waals surface area contributed by atoms with Crippen molar-refractivity contribution in [2.24, 2.45) is 13.0 Å². The summed E-state index contributed by atoms with van der Waals surface area (Å²) in [6.45, 7) is 0.705. The van der Waals surface area contributed by atoms with Crippen LogP contribution in [0.5, 0.6) is 0 Å². The van der Waals surface area contributed by atoms with Gasteiger partial charge in [-0.1, -0.05) is 5.21 Å². The Morgan fingerprint density at radius 2 is 2.24 bits per heavy atom. The van der Waals surface area contributed by atoms with Crippen molar-refractivity contribution in [3.63, 3.8) is 0 Å². The first-order valence-electron chi connectivity index (χ1n) is 5.96. The monoisotopic (exact) mass is 238 g/mol. The highest BCUT2D eigenvalue weighted by molar-refractivity contribution is 5.70. The second-order valence-corrected chi connectivity index (χ2v) is 4.65. The molecule has 2 N–H and O–H groups in total. The zero-order chi connectivity index (χ0) is 12.3. The van der Waals surface area contributed by atoms with Gasteiger partial charge in [0.2, 0.25) is 0 Å². The zero-order valence-corrected chi connectivity index (χ0v) is 9.96. The van der Waals surface area contributed by atoms with Gasteiger partial charge in [0, 0.05) is 25.8 Å². The molecule has 0 atom stereocenters. The van der Waals surface area contributed by atoms with Crippen molar-refractivity contribution in [2.45, 2.75) is 38.3 Å². The number of hydrogen-bond donors (Lipinski definition) is 2. The van der Waals surface area contributed by atoms with E-state index in [2.05, 4.69) is 15.6 Å². The number of aryl methyl sites for hydroxylation is 1. The first-order valence-corrected chi connectivity index (χ1v) is 5.96. The van der Waals surface area contributed by atoms with Crippen LogP contribution < -0.4 is 5.32 Å². The van der Waals surface area contributed by atoms with Crippen molar-refractivity contribution in [3.8, 4) is 0 Å². The van der Waals surface area contributed by atoms with Crippen LogP contribution in [0.3, 0.4) is 0 Å². The number of nitrogens with one attached hydrogen (secondary N) is 1. The Hall–Kier alpha value is -1.43. The van der Waals surface area contributed by atoms with Crippen LogP contribution in [0.4, 0.5) is 0 Å². The SMILES string of the molecule is Cn1cc(CNC2CCC(C(=O)O)CC2)nn1. The summed E-state index contributed by atoms with van der Waals surface area (Å²) in [6.07, 6.45) is 5.28. The molecule has 6 nitrogen and oxygen atoms in total. The van der Waals surface area contributed by atoms with Crippen molar-refractivity contribution in [3.05, 3.63) is 11.9 Å². The highest BCUT2D eigenvalue weighted by Crippen LogP contribution is 2.24. The minimum Gasteiger partial charge on any atom is -0.481 e. The van der Waals surface area contributed by atoms with Gasteiger partial charge in [-0.3, -0.25) is 9.48 Å². The van der Waals surface area contributed by atoms with Crippen molar-refractivity contribution < 1.29 is 9.90 Å². The Balaban J connectivity index is 1.73. The molecule has 0 aliphatic heterocycles. The molecule has 1 saturated carbocycles. The number of rotatable bonds is 4. The largest absolute Gasteiger partial charge is 0.481 e. The van der Waals surface area contributed by atoms with Crippen molar-refractivity contribution in [2.75, 3.05) is 0 Å². The van der Waals surface area contributed by atoms with Crippen molar-refractivity contribution in [1.82, 2.24) is 20.3 Å². The minimum absolute atomic E-state index is 0.149. The molecular weight excluding hydrogens is 220 g/mol. The second-order valence-electron chi connectivity index (χ2n) is 4.65. The molecule has 1 fully saturated rings. The Morgan fingerprint density at radius 3 is 2.76 bits per heavy atom. The number of hydrogen-bond acceptors (Lipinski definition) is 4. The summed E-state index contributed by atoms with van der Waals surface area (Å²) in [5, 5.41) is 20.2. The van der Waals surface area contributed by atoms with Crippen LogP contribution in [0.15, 0.2) is 6.20 Å². The lowest BCUT2D eigenvalue weighted by Gasteiger charge is -2.26. The molecule has 0 amide bonds. The van der Waals surface area contributed by atoms with E-state index in [4.69, 9.17) is 5.11 Å². The predicted octanol–water partition coefficient (Wildman–Crippen LogP) is 0.548. The molecule has 6 heteroatoms. The zero-order valence-electron chi connectivity index (χ0n) is 9.96. The Morgan fingerprint density at radius 1 is 1.53 bits per heavy atom. The number of carbonyl (C=O) groups is 1. The molecule has 0 radical (unpaired) electrons. The topological polar surface area (TPSA) is 80.0 Å². The molecule has 1 aliphatic carbocycles. The summed E-state index contributed by atoms with van der Waals surface area (Å²) >= 11 is 0. The Bertz CT molecular complexity index is 383. The highest BCUT2D eigenvalue weighted by atomic mass is 16.4. The lowest BCUT2D eigenvalue weighted by atomic mass is 9.86. The molecular formula is C11H18N4O2. The van der Waals surface area contributed by atoms with Gasteiger partial charge in [0.05, 0.1) is 11.6 Å². The molecule has 0 unspecified atom stereocenters. The lowest BCUT2D eigenvalue weighted by molar-refractivity contribution is -0.142. The third-order valence-corrected chi connectivity index (χ3v) is 3.30. The van der Waals surface area contributed by atoms with E-state index in [1.807, 2.05) is 13.2 Å². The van der Waals surface area contributed by atoms with Crippen LogP contribution in [0, 0.1) is 5.92 Å². The molecule has 0 bridgehead atoms. The normalized spacial score (nSPS) is 24.8. The minimum atomic E-state index is -0.655. The van der Waals surface area contributed by atoms with Crippen LogP contribution in [0.2, 0.25) is 0 Å². The van der Waals surface area contributed by atoms with E-state index in [1.165, 1.54) is 0 Å². The number of nitrogens with zero attached hydrogens (tertiary/aromatic N) is 3. The van der Waals surface area contributed by atoms with Crippen LogP contribution >= 0.6 is 0 Å². The van der Waals surface area contributed by atoms with Crippen molar-refractivity contribution >= 4 is 5.97 Å². The molecule has 0 aromatic carbocycles. The van der Waals surface area contributed by atoms with E-state index in [9.17, 15) is 4.79 Å². The van der Waals surface area contributed by atoms with E-state index < -0.39 is 5.97 Å². The van der Waals surface area contributed by atoms with Crippen LogP contribution in [0.1, 0.15) is 31.4 Å². The Kier molecular flexibility index (Phi) is 3.73. The highest BCUT2D eigenvalue weighted by Gasteiger charge is 2.25. The third-order valence-electron chi connectivity index (χ3n) is 3.30. The molecule has 0 spiro atoms. The molecule has 94 valence electrons. The summed E-state index contributed by atoms with van der Waals surface area (Å²) in [7, 11) is 1.84. The van der Waals surface area contributed by atoms with Gasteiger partial charge in [-0.15, -0.1) is 5.10 Å². The third kappa shape index (κ3) is 3.26. The fourth-order valence-electron chi connectivity index (χ4n) is 2.27. The van der Waals surface area contributed by atoms with Gasteiger partial charge in [0.25, 0.3) is 0 Å². The summed E-state index contributed by atoms with van der Waals surface area (Å²) in [4.78, 5) is 10.8. The fourth-order valence-corrected chi connectivity index (χ4v) is 2.27. The van der Waals surface area contributed by atoms with E-state index in [0.717, 1.165) is 31.4 Å². The molecule has 1 aliphatic rings. The molecule has 1 aromatic rings. The maximum absolute atomic E-state index is 10.8. The van der Waals surface area contributed by atoms with Gasteiger partial charge in [-0.25, -0.2) is 0 Å². The summed E-state index contributed by atoms with van der Waals surface area (Å²) in [5.41, 5.74) is 0.924. The lowest BCUT2D eigenvalue weighted by Crippen LogP contribution is -2.34. The molecule has 17 heavy (non-hydrogen) atoms. The van der Waals surface area contributed by atoms with E-state index in [-0.39, 0.29) is 5.92 Å². The molecule has 0 saturated heterocycles. The fraction of sp³-hybridized carbons (Fsp3) is 0.727. The van der Waals surface area contributed by atoms with Crippen LogP contribution in [0.25, 0.3) is 0 Å². The van der Waals surface area contributed by atoms with Gasteiger partial charge >= 0.3 is 5.97 Å². The molecule has 2 rings (SSSR count). The summed E-state index contributed by atoms with van der Waals surface area (Å²) < 4.78 is 1.68. The van der Waals surface area contributed by atoms with Gasteiger partial charge in [-0.05, 0) is 25.7 Å². The number of carboxylic acids is 1. The maximum Gasteiger partial charge on any atom is 0.306 e. The molecule has 1 heterocycles. The van der Waals surface area contributed by atoms with Gasteiger partial charge in [0.1, 0.15) is 0 Å². The standard InChI is InChI=1S/C11H18N4O2/c1-15-7-10(13-14-15)6-12-9-4-2-8(3-5-9)11(16)17/h7-9,12H,2-6H2,1H3,(H,16,17). The first kappa shape index (κ1) is 12.0. The van der Waals surface area contributed by atoms with E-state index >= 15 is 0 Å². The van der Waals surface area contributed by atoms with Gasteiger partial charge in [-0.2, -0.15) is 0 Å². The van der Waals surface area contributed by atoms with E-state index in [1.54, 1.807) is 4.68 Å². The second kappa shape index (κ2) is 5.27. The number of aliphatic carboxylic acids is 1. The predicted molar refractivity (Wildman–Crippen MR) is 61.2 cm³/mol. The number of aromatic nitrogens is 3. The average Bonchev–Trinajstić information content (AvgIpc) is 2.73. The Labute approximate surface area is 100 Å². The van der Waals surface area contributed by atoms with Crippen LogP contribution in [-0.2, 0) is 18.4 Å². The first-order chi connectivity index (χ1) is 8.15. The van der Waals surface area contributed by atoms with E-state index in [0.29, 0.717) is 12.6 Å².